The second-order valence-electron chi connectivity index (χ2n) is 7.95. The minimum Gasteiger partial charge on any atom is -0.507 e. The minimum atomic E-state index is -3.64. The van der Waals surface area contributed by atoms with E-state index in [0.717, 1.165) is 12.2 Å². The highest BCUT2D eigenvalue weighted by atomic mass is 31.2. The van der Waals surface area contributed by atoms with Gasteiger partial charge in [0.1, 0.15) is 11.3 Å². The first-order chi connectivity index (χ1) is 18.6. The molecule has 0 fully saturated rings. The van der Waals surface area contributed by atoms with E-state index in [1.165, 1.54) is 49.5 Å². The molecule has 0 saturated heterocycles. The third-order valence-electron chi connectivity index (χ3n) is 3.07. The molecule has 0 heterocycles. The quantitative estimate of drug-likeness (QED) is 0.132. The number of carbonyl (C=O) groups is 3. The molecule has 0 aromatic heterocycles. The number of hydrogen-bond donors (Lipinski definition) is 10. The van der Waals surface area contributed by atoms with Gasteiger partial charge in [0.25, 0.3) is 0 Å². The predicted molar refractivity (Wildman–Crippen MR) is 152 cm³/mol. The van der Waals surface area contributed by atoms with Crippen LogP contribution >= 0.6 is 7.60 Å². The number of carboxylic acids is 3. The Morgan fingerprint density at radius 3 is 1.37 bits per heavy atom. The number of nitrogens with zero attached hydrogens (tertiary/aromatic N) is 1. The van der Waals surface area contributed by atoms with E-state index in [0.29, 0.717) is 0 Å². The van der Waals surface area contributed by atoms with Gasteiger partial charge in [-0.25, -0.2) is 4.79 Å². The van der Waals surface area contributed by atoms with Crippen molar-refractivity contribution in [1.29, 1.82) is 0 Å². The van der Waals surface area contributed by atoms with Crippen LogP contribution in [0.3, 0.4) is 0 Å². The SMILES string of the molecule is CB(O)O.CCC.CN(CC(=O)O)CC(=O)O.CP(=O)(O)O.Cc1ccc(O)c(C(=O)O)c1.Oc1ccccc1O. The third-order valence-corrected chi connectivity index (χ3v) is 3.07. The Morgan fingerprint density at radius 2 is 1.15 bits per heavy atom. The molecule has 234 valence electrons. The fraction of sp³-hybridized carbons (Fsp3) is 0.375. The standard InChI is InChI=1S/C8H8O3.C6H6O2.C5H9NO4.C3H8.CH5BO2.CH5O3P/c1-5-2-3-7(9)6(4-5)8(10)11;7-5-3-1-2-4-6(5)8;1-6(2-4(7)8)3-5(9)10;1-3-2;1-2(3)4;1-5(2,3)4/h2-4,9H,1H3,(H,10,11);1-4,7-8H;2-3H2,1H3,(H,7,8)(H,9,10);3H2,1-2H3;3-4H,1H3;1H3,(H2,2,3,4). The molecule has 2 aromatic carbocycles. The first kappa shape index (κ1) is 44.4. The molecule has 0 spiro atoms. The summed E-state index contributed by atoms with van der Waals surface area (Å²) in [6, 6.07) is 10.6. The van der Waals surface area contributed by atoms with E-state index >= 15 is 0 Å². The normalized spacial score (nSPS) is 9.24. The van der Waals surface area contributed by atoms with Crippen LogP contribution in [0.1, 0.15) is 36.2 Å². The average Bonchev–Trinajstić information content (AvgIpc) is 2.76. The Labute approximate surface area is 238 Å². The largest absolute Gasteiger partial charge is 0.507 e. The molecule has 0 amide bonds. The lowest BCUT2D eigenvalue weighted by Gasteiger charge is -2.08. The van der Waals surface area contributed by atoms with Crippen molar-refractivity contribution in [3.63, 3.8) is 0 Å². The van der Waals surface area contributed by atoms with Crippen molar-refractivity contribution in [2.24, 2.45) is 0 Å². The van der Waals surface area contributed by atoms with Crippen LogP contribution in [0, 0.1) is 6.92 Å². The highest BCUT2D eigenvalue weighted by Crippen LogP contribution is 2.26. The van der Waals surface area contributed by atoms with Crippen molar-refractivity contribution in [2.75, 3.05) is 26.8 Å². The predicted octanol–water partition coefficient (Wildman–Crippen LogP) is 1.88. The van der Waals surface area contributed by atoms with Crippen molar-refractivity contribution in [3.8, 4) is 17.2 Å². The van der Waals surface area contributed by atoms with E-state index in [1.807, 2.05) is 0 Å². The molecular formula is C24H41BNO14P. The van der Waals surface area contributed by atoms with E-state index in [2.05, 4.69) is 13.8 Å². The van der Waals surface area contributed by atoms with Crippen molar-refractivity contribution in [3.05, 3.63) is 53.6 Å². The van der Waals surface area contributed by atoms with E-state index in [9.17, 15) is 18.9 Å². The number of rotatable bonds is 5. The summed E-state index contributed by atoms with van der Waals surface area (Å²) >= 11 is 0. The number of para-hydroxylation sites is 2. The van der Waals surface area contributed by atoms with Crippen molar-refractivity contribution < 1.29 is 69.4 Å². The lowest BCUT2D eigenvalue weighted by atomic mass is 9.99. The molecule has 0 aliphatic heterocycles. The number of phenolic OH excluding ortho intramolecular Hbond substituents is 2. The molecule has 17 heteroatoms. The summed E-state index contributed by atoms with van der Waals surface area (Å²) < 4.78 is 9.33. The van der Waals surface area contributed by atoms with Crippen molar-refractivity contribution in [2.45, 2.75) is 34.0 Å². The fourth-order valence-corrected chi connectivity index (χ4v) is 1.80. The van der Waals surface area contributed by atoms with Gasteiger partial charge >= 0.3 is 32.6 Å². The Kier molecular flexibility index (Phi) is 27.4. The van der Waals surface area contributed by atoms with Gasteiger partial charge in [0.15, 0.2) is 11.5 Å². The van der Waals surface area contributed by atoms with Gasteiger partial charge in [-0.3, -0.25) is 19.1 Å². The minimum absolute atomic E-state index is 0.0509. The molecule has 0 saturated carbocycles. The third kappa shape index (κ3) is 41.0. The van der Waals surface area contributed by atoms with Crippen LogP contribution in [0.4, 0.5) is 0 Å². The first-order valence-corrected chi connectivity index (χ1v) is 13.7. The molecule has 41 heavy (non-hydrogen) atoms. The summed E-state index contributed by atoms with van der Waals surface area (Å²) in [5.74, 6) is -3.50. The summed E-state index contributed by atoms with van der Waals surface area (Å²) in [7, 11) is -3.37. The monoisotopic (exact) mass is 609 g/mol. The topological polar surface area (TPSA) is 274 Å². The Hall–Kier alpha value is -3.66. The average molecular weight is 609 g/mol. The van der Waals surface area contributed by atoms with E-state index < -0.39 is 32.6 Å². The smallest absolute Gasteiger partial charge is 0.448 e. The number of carboxylic acid groups (broad SMARTS) is 3. The molecule has 15 nitrogen and oxygen atoms in total. The lowest BCUT2D eigenvalue weighted by Crippen LogP contribution is -2.30. The summed E-state index contributed by atoms with van der Waals surface area (Å²) in [5.41, 5.74) is 0.769. The molecule has 0 aliphatic rings. The maximum absolute atomic E-state index is 10.4. The molecule has 0 atom stereocenters. The van der Waals surface area contributed by atoms with Crippen molar-refractivity contribution in [1.82, 2.24) is 4.90 Å². The maximum atomic E-state index is 10.4. The molecule has 2 aromatic rings. The molecular weight excluding hydrogens is 568 g/mol. The van der Waals surface area contributed by atoms with E-state index in [1.54, 1.807) is 25.1 Å². The summed E-state index contributed by atoms with van der Waals surface area (Å²) in [6.45, 7) is 7.66. The number of aliphatic carboxylic acids is 2. The number of aromatic carboxylic acids is 1. The van der Waals surface area contributed by atoms with Crippen LogP contribution < -0.4 is 0 Å². The van der Waals surface area contributed by atoms with Crippen LogP contribution in [0.15, 0.2) is 42.5 Å². The van der Waals surface area contributed by atoms with Crippen LogP contribution in [-0.2, 0) is 14.2 Å². The van der Waals surface area contributed by atoms with Crippen LogP contribution in [0.25, 0.3) is 0 Å². The number of benzene rings is 2. The fourth-order valence-electron chi connectivity index (χ4n) is 1.80. The van der Waals surface area contributed by atoms with Gasteiger partial charge in [-0.1, -0.05) is 44.0 Å². The molecule has 0 radical (unpaired) electrons. The van der Waals surface area contributed by atoms with Gasteiger partial charge in [-0.05, 0) is 45.1 Å². The van der Waals surface area contributed by atoms with Gasteiger partial charge in [-0.2, -0.15) is 0 Å². The maximum Gasteiger partial charge on any atom is 0.448 e. The molecule has 0 unspecified atom stereocenters. The molecule has 2 rings (SSSR count). The Bertz CT molecular complexity index is 1010. The highest BCUT2D eigenvalue weighted by Gasteiger charge is 2.08. The van der Waals surface area contributed by atoms with E-state index in [-0.39, 0.29) is 35.9 Å². The Morgan fingerprint density at radius 1 is 0.829 bits per heavy atom. The van der Waals surface area contributed by atoms with Crippen LogP contribution in [-0.4, -0.2) is 107 Å². The number of aryl methyl sites for hydroxylation is 1. The molecule has 0 aliphatic carbocycles. The van der Waals surface area contributed by atoms with Crippen LogP contribution in [0.5, 0.6) is 17.2 Å². The van der Waals surface area contributed by atoms with Crippen molar-refractivity contribution >= 4 is 32.6 Å². The molecule has 0 bridgehead atoms. The van der Waals surface area contributed by atoms with Gasteiger partial charge in [0.2, 0.25) is 0 Å². The van der Waals surface area contributed by atoms with Gasteiger partial charge in [-0.15, -0.1) is 0 Å². The number of aromatic hydroxyl groups is 3. The number of phenols is 3. The zero-order chi connectivity index (χ0) is 33.3. The van der Waals surface area contributed by atoms with Gasteiger partial charge < -0.3 is 50.5 Å². The Balaban J connectivity index is -0.000000212. The highest BCUT2D eigenvalue weighted by molar-refractivity contribution is 7.50. The van der Waals surface area contributed by atoms with Gasteiger partial charge in [0.05, 0.1) is 13.1 Å². The zero-order valence-corrected chi connectivity index (χ0v) is 24.6. The second-order valence-corrected chi connectivity index (χ2v) is 9.62. The first-order valence-electron chi connectivity index (χ1n) is 11.6. The van der Waals surface area contributed by atoms with Crippen LogP contribution in [0.2, 0.25) is 6.82 Å². The van der Waals surface area contributed by atoms with Gasteiger partial charge in [0, 0.05) is 6.66 Å². The second kappa shape index (κ2) is 25.3. The summed E-state index contributed by atoms with van der Waals surface area (Å²) in [6.07, 6.45) is 1.25. The van der Waals surface area contributed by atoms with E-state index in [4.69, 9.17) is 50.5 Å². The summed E-state index contributed by atoms with van der Waals surface area (Å²) in [5, 5.41) is 66.4. The lowest BCUT2D eigenvalue weighted by molar-refractivity contribution is -0.141. The summed E-state index contributed by atoms with van der Waals surface area (Å²) in [4.78, 5) is 46.8. The number of hydrogen-bond acceptors (Lipinski definition) is 10. The molecule has 10 N–H and O–H groups in total. The zero-order valence-electron chi connectivity index (χ0n) is 23.7. The number of likely N-dealkylation sites (N-methyl/N-ethyl adjacent to an activating group) is 1.